The van der Waals surface area contributed by atoms with Gasteiger partial charge in [-0.3, -0.25) is 9.79 Å². The molecule has 3 N–H and O–H groups in total. The van der Waals surface area contributed by atoms with E-state index in [-0.39, 0.29) is 5.69 Å². The van der Waals surface area contributed by atoms with Gasteiger partial charge in [-0.2, -0.15) is 0 Å². The molecule has 2 aromatic rings. The zero-order chi connectivity index (χ0) is 19.4. The van der Waals surface area contributed by atoms with Gasteiger partial charge in [0.05, 0.1) is 23.4 Å². The monoisotopic (exact) mass is 387 g/mol. The highest BCUT2D eigenvalue weighted by molar-refractivity contribution is 8.13. The molecule has 5 nitrogen and oxygen atoms in total. The lowest BCUT2D eigenvalue weighted by Gasteiger charge is -2.30. The van der Waals surface area contributed by atoms with E-state index in [1.54, 1.807) is 36.4 Å². The van der Waals surface area contributed by atoms with Gasteiger partial charge in [-0.05, 0) is 50.1 Å². The Bertz CT molecular complexity index is 887. The maximum Gasteiger partial charge on any atom is 0.259 e. The Morgan fingerprint density at radius 2 is 2.15 bits per heavy atom. The molecule has 0 bridgehead atoms. The van der Waals surface area contributed by atoms with Crippen LogP contribution in [0.4, 0.5) is 10.1 Å². The number of carbonyl (C=O) groups excluding carboxylic acids is 1. The molecule has 0 spiro atoms. The number of amidine groups is 1. The number of rotatable bonds is 5. The van der Waals surface area contributed by atoms with Crippen molar-refractivity contribution in [1.29, 1.82) is 0 Å². The van der Waals surface area contributed by atoms with Gasteiger partial charge in [0.15, 0.2) is 5.17 Å². The predicted octanol–water partition coefficient (Wildman–Crippen LogP) is 4.14. The first-order valence-electron chi connectivity index (χ1n) is 8.74. The second-order valence-electron chi connectivity index (χ2n) is 6.40. The summed E-state index contributed by atoms with van der Waals surface area (Å²) in [6, 6.07) is 11.5. The molecule has 1 aliphatic heterocycles. The van der Waals surface area contributed by atoms with Crippen molar-refractivity contribution in [3.8, 4) is 5.75 Å². The summed E-state index contributed by atoms with van der Waals surface area (Å²) in [5, 5.41) is 3.17. The summed E-state index contributed by atoms with van der Waals surface area (Å²) in [6.45, 7) is 4.24. The lowest BCUT2D eigenvalue weighted by atomic mass is 9.89. The first-order chi connectivity index (χ1) is 12.9. The third kappa shape index (κ3) is 4.24. The molecule has 1 heterocycles. The van der Waals surface area contributed by atoms with Crippen LogP contribution in [0.2, 0.25) is 0 Å². The number of thioether (sulfide) groups is 1. The van der Waals surface area contributed by atoms with E-state index in [0.717, 1.165) is 17.7 Å². The molecule has 1 atom stereocenters. The fourth-order valence-electron chi connectivity index (χ4n) is 2.98. The maximum atomic E-state index is 14.4. The Morgan fingerprint density at radius 3 is 2.89 bits per heavy atom. The molecule has 2 aromatic carbocycles. The summed E-state index contributed by atoms with van der Waals surface area (Å²) in [5.74, 6) is 0.365. The van der Waals surface area contributed by atoms with Crippen molar-refractivity contribution in [2.24, 2.45) is 10.7 Å². The number of nitrogens with one attached hydrogen (secondary N) is 1. The smallest absolute Gasteiger partial charge is 0.259 e. The van der Waals surface area contributed by atoms with Gasteiger partial charge in [-0.1, -0.05) is 30.0 Å². The van der Waals surface area contributed by atoms with Crippen molar-refractivity contribution < 1.29 is 13.9 Å². The SMILES string of the molecule is CCOc1ccccc1C(=O)Nc1cc(C2(C)CCSC(N)=N2)ccc1F. The van der Waals surface area contributed by atoms with Crippen LogP contribution in [-0.4, -0.2) is 23.4 Å². The van der Waals surface area contributed by atoms with Crippen molar-refractivity contribution in [3.63, 3.8) is 0 Å². The number of hydrogen-bond acceptors (Lipinski definition) is 5. The van der Waals surface area contributed by atoms with Crippen molar-refractivity contribution in [2.75, 3.05) is 17.7 Å². The number of nitrogens with two attached hydrogens (primary N) is 1. The van der Waals surface area contributed by atoms with E-state index < -0.39 is 17.3 Å². The minimum atomic E-state index is -0.536. The fourth-order valence-corrected chi connectivity index (χ4v) is 3.95. The van der Waals surface area contributed by atoms with Crippen molar-refractivity contribution in [1.82, 2.24) is 0 Å². The maximum absolute atomic E-state index is 14.4. The van der Waals surface area contributed by atoms with Crippen LogP contribution in [0.15, 0.2) is 47.5 Å². The lowest BCUT2D eigenvalue weighted by Crippen LogP contribution is -2.29. The Kier molecular flexibility index (Phi) is 5.70. The number of carbonyl (C=O) groups is 1. The first kappa shape index (κ1) is 19.2. The molecule has 7 heteroatoms. The van der Waals surface area contributed by atoms with Crippen LogP contribution in [0.1, 0.15) is 36.2 Å². The molecular formula is C20H22FN3O2S. The molecule has 1 unspecified atom stereocenters. The normalized spacial score (nSPS) is 19.3. The predicted molar refractivity (Wildman–Crippen MR) is 108 cm³/mol. The average molecular weight is 387 g/mol. The van der Waals surface area contributed by atoms with E-state index in [9.17, 15) is 9.18 Å². The Balaban J connectivity index is 1.90. The molecule has 142 valence electrons. The van der Waals surface area contributed by atoms with Crippen LogP contribution >= 0.6 is 11.8 Å². The van der Waals surface area contributed by atoms with Crippen LogP contribution in [0.5, 0.6) is 5.75 Å². The highest BCUT2D eigenvalue weighted by Gasteiger charge is 2.30. The minimum Gasteiger partial charge on any atom is -0.493 e. The fraction of sp³-hybridized carbons (Fsp3) is 0.300. The molecule has 3 rings (SSSR count). The van der Waals surface area contributed by atoms with Crippen molar-refractivity contribution in [3.05, 3.63) is 59.4 Å². The van der Waals surface area contributed by atoms with Crippen LogP contribution in [-0.2, 0) is 5.54 Å². The van der Waals surface area contributed by atoms with Gasteiger partial charge in [0.1, 0.15) is 11.6 Å². The number of aliphatic imine (C=N–C) groups is 1. The number of halogens is 1. The van der Waals surface area contributed by atoms with E-state index in [1.165, 1.54) is 17.8 Å². The number of hydrogen-bond donors (Lipinski definition) is 2. The number of nitrogens with zero attached hydrogens (tertiary/aromatic N) is 1. The topological polar surface area (TPSA) is 76.7 Å². The zero-order valence-electron chi connectivity index (χ0n) is 15.3. The molecule has 1 aliphatic rings. The van der Waals surface area contributed by atoms with Crippen molar-refractivity contribution in [2.45, 2.75) is 25.8 Å². The van der Waals surface area contributed by atoms with E-state index in [2.05, 4.69) is 10.3 Å². The van der Waals surface area contributed by atoms with E-state index >= 15 is 0 Å². The van der Waals surface area contributed by atoms with E-state index in [4.69, 9.17) is 10.5 Å². The van der Waals surface area contributed by atoms with Gasteiger partial charge in [-0.15, -0.1) is 0 Å². The third-order valence-corrected chi connectivity index (χ3v) is 5.26. The molecule has 0 aliphatic carbocycles. The number of ether oxygens (including phenoxy) is 1. The molecular weight excluding hydrogens is 365 g/mol. The quantitative estimate of drug-likeness (QED) is 0.808. The van der Waals surface area contributed by atoms with Gasteiger partial charge in [0, 0.05) is 5.75 Å². The lowest BCUT2D eigenvalue weighted by molar-refractivity contribution is 0.102. The van der Waals surface area contributed by atoms with Crippen LogP contribution in [0.25, 0.3) is 0 Å². The molecule has 0 fully saturated rings. The Labute approximate surface area is 162 Å². The largest absolute Gasteiger partial charge is 0.493 e. The summed E-state index contributed by atoms with van der Waals surface area (Å²) in [5.41, 5.74) is 6.60. The van der Waals surface area contributed by atoms with E-state index in [1.807, 2.05) is 13.8 Å². The molecule has 0 radical (unpaired) electrons. The summed E-state index contributed by atoms with van der Waals surface area (Å²) in [6.07, 6.45) is 0.782. The minimum absolute atomic E-state index is 0.108. The number of para-hydroxylation sites is 1. The Hall–Kier alpha value is -2.54. The number of benzene rings is 2. The Morgan fingerprint density at radius 1 is 1.37 bits per heavy atom. The van der Waals surface area contributed by atoms with Crippen molar-refractivity contribution >= 4 is 28.5 Å². The zero-order valence-corrected chi connectivity index (χ0v) is 16.1. The van der Waals surface area contributed by atoms with Gasteiger partial charge in [0.25, 0.3) is 5.91 Å². The van der Waals surface area contributed by atoms with Gasteiger partial charge >= 0.3 is 0 Å². The summed E-state index contributed by atoms with van der Waals surface area (Å²) in [7, 11) is 0. The molecule has 1 amide bonds. The van der Waals surface area contributed by atoms with Gasteiger partial charge < -0.3 is 15.8 Å². The van der Waals surface area contributed by atoms with Crippen LogP contribution < -0.4 is 15.8 Å². The standard InChI is InChI=1S/C20H22FN3O2S/c1-3-26-17-7-5-4-6-14(17)18(25)23-16-12-13(8-9-15(16)21)20(2)10-11-27-19(22)24-20/h4-9,12H,3,10-11H2,1-2H3,(H2,22,24)(H,23,25). The highest BCUT2D eigenvalue weighted by atomic mass is 32.2. The molecule has 0 saturated carbocycles. The molecule has 0 saturated heterocycles. The summed E-state index contributed by atoms with van der Waals surface area (Å²) in [4.78, 5) is 17.2. The summed E-state index contributed by atoms with van der Waals surface area (Å²) < 4.78 is 19.8. The number of amides is 1. The highest BCUT2D eigenvalue weighted by Crippen LogP contribution is 2.36. The second kappa shape index (κ2) is 8.00. The van der Waals surface area contributed by atoms with E-state index in [0.29, 0.717) is 23.1 Å². The number of anilines is 1. The second-order valence-corrected chi connectivity index (χ2v) is 7.52. The van der Waals surface area contributed by atoms with Crippen LogP contribution in [0.3, 0.4) is 0 Å². The molecule has 27 heavy (non-hydrogen) atoms. The summed E-state index contributed by atoms with van der Waals surface area (Å²) >= 11 is 1.51. The van der Waals surface area contributed by atoms with Gasteiger partial charge in [-0.25, -0.2) is 4.39 Å². The molecule has 0 aromatic heterocycles. The first-order valence-corrected chi connectivity index (χ1v) is 9.73. The van der Waals surface area contributed by atoms with Gasteiger partial charge in [0.2, 0.25) is 0 Å². The third-order valence-electron chi connectivity index (χ3n) is 4.46. The average Bonchev–Trinajstić information content (AvgIpc) is 2.64. The van der Waals surface area contributed by atoms with Crippen LogP contribution in [0, 0.1) is 5.82 Å².